The Labute approximate surface area is 164 Å². The smallest absolute Gasteiger partial charge is 0.337 e. The van der Waals surface area contributed by atoms with E-state index in [0.717, 1.165) is 12.1 Å². The number of nitro benzene ring substituents is 1. The molecule has 3 rings (SSSR count). The quantitative estimate of drug-likeness (QED) is 0.483. The van der Waals surface area contributed by atoms with Crippen LogP contribution in [0, 0.1) is 10.1 Å². The van der Waals surface area contributed by atoms with Crippen molar-refractivity contribution in [3.05, 3.63) is 88.0 Å². The first-order valence-corrected chi connectivity index (χ1v) is 8.21. The molecular formula is C20H13N2O7-. The largest absolute Gasteiger partial charge is 0.872 e. The summed E-state index contributed by atoms with van der Waals surface area (Å²) >= 11 is 0. The molecule has 9 nitrogen and oxygen atoms in total. The molecule has 1 amide bonds. The average molecular weight is 393 g/mol. The maximum absolute atomic E-state index is 12.5. The standard InChI is InChI=1S/C20H14N2O7/c23-14-6-9-18(17(11-14)20(25)26)21-19(24)12-2-1-3-16(10-12)29-15-7-4-13(5-8-15)22(27)28/h1-11,23H,(H,21,24)(H,25,26)/p-1. The highest BCUT2D eigenvalue weighted by Crippen LogP contribution is 2.25. The van der Waals surface area contributed by atoms with Crippen molar-refractivity contribution in [1.82, 2.24) is 0 Å². The molecule has 0 aliphatic heterocycles. The van der Waals surface area contributed by atoms with Gasteiger partial charge in [-0.3, -0.25) is 14.9 Å². The predicted molar refractivity (Wildman–Crippen MR) is 100 cm³/mol. The van der Waals surface area contributed by atoms with Gasteiger partial charge in [-0.05, 0) is 36.4 Å². The minimum Gasteiger partial charge on any atom is -0.872 e. The lowest BCUT2D eigenvalue weighted by atomic mass is 10.1. The van der Waals surface area contributed by atoms with Crippen LogP contribution in [-0.2, 0) is 0 Å². The third-order valence-corrected chi connectivity index (χ3v) is 3.85. The van der Waals surface area contributed by atoms with E-state index in [1.165, 1.54) is 42.5 Å². The number of aromatic carboxylic acids is 1. The molecule has 0 saturated carbocycles. The fraction of sp³-hybridized carbons (Fsp3) is 0. The van der Waals surface area contributed by atoms with E-state index in [1.54, 1.807) is 12.1 Å². The minimum atomic E-state index is -1.34. The molecule has 0 spiro atoms. The van der Waals surface area contributed by atoms with E-state index in [4.69, 9.17) is 4.74 Å². The zero-order valence-electron chi connectivity index (χ0n) is 14.7. The van der Waals surface area contributed by atoms with Gasteiger partial charge in [0.05, 0.1) is 16.2 Å². The number of ether oxygens (including phenoxy) is 1. The van der Waals surface area contributed by atoms with Gasteiger partial charge in [0.2, 0.25) is 0 Å². The van der Waals surface area contributed by atoms with E-state index in [-0.39, 0.29) is 22.5 Å². The number of carboxylic acids is 1. The second-order valence-corrected chi connectivity index (χ2v) is 5.85. The van der Waals surface area contributed by atoms with Gasteiger partial charge in [-0.2, -0.15) is 0 Å². The number of hydrogen-bond donors (Lipinski definition) is 2. The Kier molecular flexibility index (Phi) is 5.40. The van der Waals surface area contributed by atoms with Crippen molar-refractivity contribution in [3.63, 3.8) is 0 Å². The van der Waals surface area contributed by atoms with E-state index < -0.39 is 22.5 Å². The number of nitrogens with one attached hydrogen (secondary N) is 1. The van der Waals surface area contributed by atoms with Gasteiger partial charge in [-0.15, -0.1) is 5.75 Å². The summed E-state index contributed by atoms with van der Waals surface area (Å²) < 4.78 is 5.59. The Morgan fingerprint density at radius 2 is 1.69 bits per heavy atom. The highest BCUT2D eigenvalue weighted by atomic mass is 16.6. The third-order valence-electron chi connectivity index (χ3n) is 3.85. The molecule has 2 N–H and O–H groups in total. The number of nitro groups is 1. The molecule has 3 aromatic carbocycles. The molecule has 0 heterocycles. The average Bonchev–Trinajstić information content (AvgIpc) is 2.69. The molecule has 0 radical (unpaired) electrons. The van der Waals surface area contributed by atoms with Crippen LogP contribution in [-0.4, -0.2) is 21.9 Å². The van der Waals surface area contributed by atoms with Gasteiger partial charge in [0.25, 0.3) is 11.6 Å². The number of carbonyl (C=O) groups excluding carboxylic acids is 1. The number of benzene rings is 3. The predicted octanol–water partition coefficient (Wildman–Crippen LogP) is 3.41. The van der Waals surface area contributed by atoms with E-state index in [2.05, 4.69) is 5.32 Å². The van der Waals surface area contributed by atoms with Gasteiger partial charge in [0.1, 0.15) is 11.5 Å². The number of carbonyl (C=O) groups is 2. The van der Waals surface area contributed by atoms with Crippen LogP contribution in [0.4, 0.5) is 11.4 Å². The van der Waals surface area contributed by atoms with Crippen LogP contribution < -0.4 is 15.2 Å². The van der Waals surface area contributed by atoms with Crippen molar-refractivity contribution in [2.24, 2.45) is 0 Å². The Morgan fingerprint density at radius 1 is 0.966 bits per heavy atom. The summed E-state index contributed by atoms with van der Waals surface area (Å²) in [4.78, 5) is 33.9. The zero-order valence-corrected chi connectivity index (χ0v) is 14.7. The number of hydrogen-bond acceptors (Lipinski definition) is 6. The SMILES string of the molecule is O=C(Nc1ccc([O-])cc1C(=O)O)c1cccc(Oc2ccc([N+](=O)[O-])cc2)c1. The van der Waals surface area contributed by atoms with Crippen LogP contribution in [0.2, 0.25) is 0 Å². The zero-order chi connectivity index (χ0) is 21.0. The third kappa shape index (κ3) is 4.66. The maximum atomic E-state index is 12.5. The molecule has 0 bridgehead atoms. The van der Waals surface area contributed by atoms with Crippen LogP contribution in [0.25, 0.3) is 0 Å². The lowest BCUT2D eigenvalue weighted by Crippen LogP contribution is -2.15. The van der Waals surface area contributed by atoms with Crippen molar-refractivity contribution in [1.29, 1.82) is 0 Å². The lowest BCUT2D eigenvalue weighted by Gasteiger charge is -2.13. The second-order valence-electron chi connectivity index (χ2n) is 5.85. The van der Waals surface area contributed by atoms with Crippen LogP contribution in [0.3, 0.4) is 0 Å². The molecule has 0 unspecified atom stereocenters. The van der Waals surface area contributed by atoms with Crippen molar-refractivity contribution in [3.8, 4) is 17.2 Å². The maximum Gasteiger partial charge on any atom is 0.337 e. The Hall–Kier alpha value is -4.40. The van der Waals surface area contributed by atoms with Gasteiger partial charge < -0.3 is 20.3 Å². The van der Waals surface area contributed by atoms with E-state index >= 15 is 0 Å². The summed E-state index contributed by atoms with van der Waals surface area (Å²) in [6.45, 7) is 0. The Morgan fingerprint density at radius 3 is 2.34 bits per heavy atom. The first-order valence-electron chi connectivity index (χ1n) is 8.21. The molecule has 0 aliphatic rings. The van der Waals surface area contributed by atoms with Crippen LogP contribution in [0.5, 0.6) is 17.2 Å². The molecule has 0 saturated heterocycles. The highest BCUT2D eigenvalue weighted by Gasteiger charge is 2.14. The second kappa shape index (κ2) is 8.09. The number of amides is 1. The van der Waals surface area contributed by atoms with Gasteiger partial charge in [-0.25, -0.2) is 4.79 Å². The van der Waals surface area contributed by atoms with Crippen LogP contribution >= 0.6 is 0 Å². The van der Waals surface area contributed by atoms with Crippen molar-refractivity contribution >= 4 is 23.3 Å². The number of nitrogens with zero attached hydrogens (tertiary/aromatic N) is 1. The number of rotatable bonds is 6. The van der Waals surface area contributed by atoms with E-state index in [0.29, 0.717) is 11.5 Å². The first-order chi connectivity index (χ1) is 13.8. The molecule has 0 fully saturated rings. The Bertz CT molecular complexity index is 1090. The van der Waals surface area contributed by atoms with Crippen molar-refractivity contribution in [2.75, 3.05) is 5.32 Å². The molecule has 9 heteroatoms. The lowest BCUT2D eigenvalue weighted by molar-refractivity contribution is -0.384. The minimum absolute atomic E-state index is 0.0104. The molecule has 0 aliphatic carbocycles. The summed E-state index contributed by atoms with van der Waals surface area (Å²) in [5, 5.41) is 33.7. The molecule has 3 aromatic rings. The fourth-order valence-corrected chi connectivity index (χ4v) is 2.48. The molecule has 146 valence electrons. The number of carboxylic acid groups (broad SMARTS) is 1. The van der Waals surface area contributed by atoms with Crippen molar-refractivity contribution < 1.29 is 29.5 Å². The molecule has 0 atom stereocenters. The topological polar surface area (TPSA) is 142 Å². The molecular weight excluding hydrogens is 380 g/mol. The van der Waals surface area contributed by atoms with Gasteiger partial charge in [0, 0.05) is 17.7 Å². The number of non-ortho nitro benzene ring substituents is 1. The normalized spacial score (nSPS) is 10.2. The summed E-state index contributed by atoms with van der Waals surface area (Å²) in [7, 11) is 0. The van der Waals surface area contributed by atoms with Gasteiger partial charge in [0.15, 0.2) is 0 Å². The van der Waals surface area contributed by atoms with E-state index in [1.807, 2.05) is 0 Å². The fourth-order valence-electron chi connectivity index (χ4n) is 2.48. The number of anilines is 1. The van der Waals surface area contributed by atoms with Crippen molar-refractivity contribution in [2.45, 2.75) is 0 Å². The van der Waals surface area contributed by atoms with Crippen LogP contribution in [0.15, 0.2) is 66.7 Å². The summed E-state index contributed by atoms with van der Waals surface area (Å²) in [5.74, 6) is -1.78. The summed E-state index contributed by atoms with van der Waals surface area (Å²) in [5.41, 5.74) is -0.219. The van der Waals surface area contributed by atoms with Crippen LogP contribution in [0.1, 0.15) is 20.7 Å². The molecule has 0 aromatic heterocycles. The van der Waals surface area contributed by atoms with E-state index in [9.17, 15) is 29.9 Å². The highest BCUT2D eigenvalue weighted by molar-refractivity contribution is 6.08. The summed E-state index contributed by atoms with van der Waals surface area (Å²) in [6.07, 6.45) is 0. The Balaban J connectivity index is 1.78. The first kappa shape index (κ1) is 19.4. The van der Waals surface area contributed by atoms with Gasteiger partial charge in [-0.1, -0.05) is 18.2 Å². The molecule has 29 heavy (non-hydrogen) atoms. The van der Waals surface area contributed by atoms with Gasteiger partial charge >= 0.3 is 5.97 Å². The summed E-state index contributed by atoms with van der Waals surface area (Å²) in [6, 6.07) is 14.8. The monoisotopic (exact) mass is 393 g/mol.